The number of hydrogen-bond acceptors (Lipinski definition) is 4. The Morgan fingerprint density at radius 3 is 2.76 bits per heavy atom. The maximum atomic E-state index is 11.6. The van der Waals surface area contributed by atoms with E-state index < -0.39 is 11.9 Å². The molecule has 0 saturated carbocycles. The number of nitrogens with zero attached hydrogens (tertiary/aromatic N) is 2. The van der Waals surface area contributed by atoms with Crippen molar-refractivity contribution < 1.29 is 14.6 Å². The highest BCUT2D eigenvalue weighted by Crippen LogP contribution is 2.21. The summed E-state index contributed by atoms with van der Waals surface area (Å²) in [7, 11) is 0. The van der Waals surface area contributed by atoms with E-state index in [0.29, 0.717) is 18.9 Å². The van der Waals surface area contributed by atoms with Crippen LogP contribution in [0.25, 0.3) is 0 Å². The molecular weight excluding hydrogens is 268 g/mol. The van der Waals surface area contributed by atoms with Gasteiger partial charge in [-0.25, -0.2) is 4.98 Å². The number of carbonyl (C=O) groups is 1. The zero-order valence-corrected chi connectivity index (χ0v) is 12.1. The molecule has 5 heteroatoms. The van der Waals surface area contributed by atoms with Crippen LogP contribution in [0, 0.1) is 6.92 Å². The molecule has 1 aromatic heterocycles. The van der Waals surface area contributed by atoms with E-state index in [1.165, 1.54) is 6.20 Å². The number of hydrogen-bond donors (Lipinski definition) is 1. The molecule has 5 nitrogen and oxygen atoms in total. The molecule has 0 aliphatic carbocycles. The van der Waals surface area contributed by atoms with Crippen LogP contribution in [0.2, 0.25) is 0 Å². The highest BCUT2D eigenvalue weighted by atomic mass is 16.5. The van der Waals surface area contributed by atoms with Gasteiger partial charge in [0.1, 0.15) is 11.7 Å². The SMILES string of the molecule is CCOc1ccnc(C(Cc2ccccc2C)C(=O)O)n1. The summed E-state index contributed by atoms with van der Waals surface area (Å²) in [5.41, 5.74) is 2.04. The molecule has 0 radical (unpaired) electrons. The van der Waals surface area contributed by atoms with Crippen LogP contribution in [-0.4, -0.2) is 27.7 Å². The zero-order chi connectivity index (χ0) is 15.2. The van der Waals surface area contributed by atoms with Gasteiger partial charge in [0.2, 0.25) is 5.88 Å². The van der Waals surface area contributed by atoms with Crippen LogP contribution in [0.5, 0.6) is 5.88 Å². The second kappa shape index (κ2) is 6.83. The van der Waals surface area contributed by atoms with E-state index in [9.17, 15) is 9.90 Å². The minimum atomic E-state index is -0.938. The molecule has 1 aromatic carbocycles. The van der Waals surface area contributed by atoms with Gasteiger partial charge < -0.3 is 9.84 Å². The number of benzene rings is 1. The predicted molar refractivity (Wildman–Crippen MR) is 78.5 cm³/mol. The Morgan fingerprint density at radius 2 is 2.10 bits per heavy atom. The van der Waals surface area contributed by atoms with Gasteiger partial charge in [0.25, 0.3) is 0 Å². The number of carboxylic acids is 1. The maximum Gasteiger partial charge on any atom is 0.314 e. The number of rotatable bonds is 6. The van der Waals surface area contributed by atoms with Gasteiger partial charge in [0.05, 0.1) is 6.61 Å². The number of aryl methyl sites for hydroxylation is 1. The summed E-state index contributed by atoms with van der Waals surface area (Å²) < 4.78 is 5.31. The summed E-state index contributed by atoms with van der Waals surface area (Å²) in [5, 5.41) is 9.48. The van der Waals surface area contributed by atoms with Gasteiger partial charge >= 0.3 is 5.97 Å². The van der Waals surface area contributed by atoms with E-state index in [1.807, 2.05) is 38.1 Å². The summed E-state index contributed by atoms with van der Waals surface area (Å²) in [4.78, 5) is 19.9. The van der Waals surface area contributed by atoms with Crippen molar-refractivity contribution in [3.8, 4) is 5.88 Å². The predicted octanol–water partition coefficient (Wildman–Crippen LogP) is 2.59. The first kappa shape index (κ1) is 15.0. The molecule has 110 valence electrons. The summed E-state index contributed by atoms with van der Waals surface area (Å²) in [6, 6.07) is 9.35. The Hall–Kier alpha value is -2.43. The summed E-state index contributed by atoms with van der Waals surface area (Å²) in [6.45, 7) is 4.29. The Balaban J connectivity index is 2.29. The Bertz CT molecular complexity index is 628. The van der Waals surface area contributed by atoms with Crippen LogP contribution in [0.1, 0.15) is 29.8 Å². The molecule has 0 bridgehead atoms. The normalized spacial score (nSPS) is 11.9. The van der Waals surface area contributed by atoms with Gasteiger partial charge in [-0.1, -0.05) is 24.3 Å². The molecule has 0 aliphatic heterocycles. The Labute approximate surface area is 123 Å². The molecule has 21 heavy (non-hydrogen) atoms. The summed E-state index contributed by atoms with van der Waals surface area (Å²) >= 11 is 0. The van der Waals surface area contributed by atoms with Crippen LogP contribution in [0.3, 0.4) is 0 Å². The van der Waals surface area contributed by atoms with Gasteiger partial charge in [-0.15, -0.1) is 0 Å². The van der Waals surface area contributed by atoms with E-state index >= 15 is 0 Å². The number of carboxylic acid groups (broad SMARTS) is 1. The molecule has 0 saturated heterocycles. The molecule has 0 fully saturated rings. The molecule has 1 N–H and O–H groups in total. The highest BCUT2D eigenvalue weighted by Gasteiger charge is 2.24. The van der Waals surface area contributed by atoms with Gasteiger partial charge in [-0.05, 0) is 31.4 Å². The van der Waals surface area contributed by atoms with Crippen molar-refractivity contribution in [1.82, 2.24) is 9.97 Å². The van der Waals surface area contributed by atoms with Crippen molar-refractivity contribution in [3.63, 3.8) is 0 Å². The third-order valence-corrected chi connectivity index (χ3v) is 3.24. The van der Waals surface area contributed by atoms with Gasteiger partial charge in [-0.3, -0.25) is 4.79 Å². The average Bonchev–Trinajstić information content (AvgIpc) is 2.46. The van der Waals surface area contributed by atoms with Crippen molar-refractivity contribution in [2.24, 2.45) is 0 Å². The maximum absolute atomic E-state index is 11.6. The lowest BCUT2D eigenvalue weighted by Gasteiger charge is -2.13. The van der Waals surface area contributed by atoms with E-state index in [2.05, 4.69) is 9.97 Å². The first-order valence-electron chi connectivity index (χ1n) is 6.85. The highest BCUT2D eigenvalue weighted by molar-refractivity contribution is 5.75. The van der Waals surface area contributed by atoms with E-state index in [-0.39, 0.29) is 5.82 Å². The van der Waals surface area contributed by atoms with E-state index in [1.54, 1.807) is 6.07 Å². The Kier molecular flexibility index (Phi) is 4.87. The second-order valence-electron chi connectivity index (χ2n) is 4.71. The number of ether oxygens (including phenoxy) is 1. The van der Waals surface area contributed by atoms with Crippen LogP contribution >= 0.6 is 0 Å². The van der Waals surface area contributed by atoms with Crippen LogP contribution in [0.15, 0.2) is 36.5 Å². The van der Waals surface area contributed by atoms with Crippen molar-refractivity contribution in [2.45, 2.75) is 26.2 Å². The van der Waals surface area contributed by atoms with Gasteiger partial charge in [0, 0.05) is 12.3 Å². The molecular formula is C16H18N2O3. The molecule has 1 unspecified atom stereocenters. The quantitative estimate of drug-likeness (QED) is 0.883. The molecule has 1 atom stereocenters. The van der Waals surface area contributed by atoms with Crippen molar-refractivity contribution in [3.05, 3.63) is 53.5 Å². The van der Waals surface area contributed by atoms with Crippen LogP contribution in [0.4, 0.5) is 0 Å². The van der Waals surface area contributed by atoms with Crippen molar-refractivity contribution >= 4 is 5.97 Å². The number of aliphatic carboxylic acids is 1. The minimum Gasteiger partial charge on any atom is -0.481 e. The fourth-order valence-corrected chi connectivity index (χ4v) is 2.10. The van der Waals surface area contributed by atoms with Gasteiger partial charge in [-0.2, -0.15) is 4.98 Å². The van der Waals surface area contributed by atoms with E-state index in [4.69, 9.17) is 4.74 Å². The van der Waals surface area contributed by atoms with Crippen molar-refractivity contribution in [1.29, 1.82) is 0 Å². The first-order valence-corrected chi connectivity index (χ1v) is 6.85. The third kappa shape index (κ3) is 3.78. The fraction of sp³-hybridized carbons (Fsp3) is 0.312. The molecule has 0 amide bonds. The summed E-state index contributed by atoms with van der Waals surface area (Å²) in [6.07, 6.45) is 1.89. The standard InChI is InChI=1S/C16H18N2O3/c1-3-21-14-8-9-17-15(18-14)13(16(19)20)10-12-7-5-4-6-11(12)2/h4-9,13H,3,10H2,1-2H3,(H,19,20). The minimum absolute atomic E-state index is 0.275. The smallest absolute Gasteiger partial charge is 0.314 e. The third-order valence-electron chi connectivity index (χ3n) is 3.24. The second-order valence-corrected chi connectivity index (χ2v) is 4.71. The first-order chi connectivity index (χ1) is 10.1. The average molecular weight is 286 g/mol. The van der Waals surface area contributed by atoms with Crippen molar-refractivity contribution in [2.75, 3.05) is 6.61 Å². The fourth-order valence-electron chi connectivity index (χ4n) is 2.10. The van der Waals surface area contributed by atoms with E-state index in [0.717, 1.165) is 11.1 Å². The molecule has 2 aromatic rings. The Morgan fingerprint density at radius 1 is 1.33 bits per heavy atom. The molecule has 0 spiro atoms. The number of aromatic nitrogens is 2. The molecule has 1 heterocycles. The van der Waals surface area contributed by atoms with Crippen LogP contribution < -0.4 is 4.74 Å². The lowest BCUT2D eigenvalue weighted by atomic mass is 9.95. The lowest BCUT2D eigenvalue weighted by molar-refractivity contribution is -0.139. The summed E-state index contributed by atoms with van der Waals surface area (Å²) in [5.74, 6) is -1.05. The monoisotopic (exact) mass is 286 g/mol. The zero-order valence-electron chi connectivity index (χ0n) is 12.1. The lowest BCUT2D eigenvalue weighted by Crippen LogP contribution is -2.18. The largest absolute Gasteiger partial charge is 0.481 e. The van der Waals surface area contributed by atoms with Crippen LogP contribution in [-0.2, 0) is 11.2 Å². The molecule has 2 rings (SSSR count). The van der Waals surface area contributed by atoms with Gasteiger partial charge in [0.15, 0.2) is 0 Å². The molecule has 0 aliphatic rings. The topological polar surface area (TPSA) is 72.3 Å².